The number of H-pyrrole nitrogens is 2. The first-order valence-corrected chi connectivity index (χ1v) is 5.86. The van der Waals surface area contributed by atoms with E-state index in [1.54, 1.807) is 0 Å². The Balaban J connectivity index is 2.36. The molecule has 1 saturated heterocycles. The molecule has 1 aliphatic rings. The number of nitrogen functional groups attached to an aromatic ring is 1. The number of aromatic amines is 2. The third-order valence-corrected chi connectivity index (χ3v) is 3.08. The number of aromatic nitrogens is 2. The third kappa shape index (κ3) is 2.41. The molecule has 4 N–H and O–H groups in total. The number of nitrogens with one attached hydrogen (secondary N) is 2. The number of anilines is 1. The highest BCUT2D eigenvalue weighted by Crippen LogP contribution is 2.27. The average molecular weight is 257 g/mol. The molecule has 0 bridgehead atoms. The van der Waals surface area contributed by atoms with E-state index >= 15 is 0 Å². The number of hydrogen-bond donors (Lipinski definition) is 3. The first-order valence-electron chi connectivity index (χ1n) is 5.45. The first-order chi connectivity index (χ1) is 8.06. The molecule has 2 rings (SSSR count). The van der Waals surface area contributed by atoms with Crippen molar-refractivity contribution in [1.82, 2.24) is 9.97 Å². The van der Waals surface area contributed by atoms with Crippen LogP contribution in [0.5, 0.6) is 0 Å². The summed E-state index contributed by atoms with van der Waals surface area (Å²) >= 11 is 4.83. The topological polar surface area (TPSA) is 93.1 Å². The van der Waals surface area contributed by atoms with Gasteiger partial charge in [0.05, 0.1) is 18.8 Å². The molecule has 1 aliphatic heterocycles. The molecular weight excluding hydrogens is 242 g/mol. The van der Waals surface area contributed by atoms with E-state index in [0.717, 1.165) is 0 Å². The first kappa shape index (κ1) is 12.3. The fourth-order valence-electron chi connectivity index (χ4n) is 1.90. The summed E-state index contributed by atoms with van der Waals surface area (Å²) in [5.41, 5.74) is 5.89. The molecule has 0 unspecified atom stereocenters. The minimum Gasteiger partial charge on any atom is -0.385 e. The molecule has 1 aromatic heterocycles. The van der Waals surface area contributed by atoms with Gasteiger partial charge in [-0.2, -0.15) is 0 Å². The van der Waals surface area contributed by atoms with E-state index in [2.05, 4.69) is 9.97 Å². The van der Waals surface area contributed by atoms with Crippen LogP contribution in [0.4, 0.5) is 5.82 Å². The molecule has 1 fully saturated rings. The van der Waals surface area contributed by atoms with Crippen LogP contribution in [0.3, 0.4) is 0 Å². The zero-order chi connectivity index (χ0) is 12.5. The van der Waals surface area contributed by atoms with Gasteiger partial charge < -0.3 is 20.2 Å². The van der Waals surface area contributed by atoms with Crippen molar-refractivity contribution >= 4 is 18.0 Å². The van der Waals surface area contributed by atoms with Gasteiger partial charge in [0.2, 0.25) is 0 Å². The molecule has 0 saturated carbocycles. The van der Waals surface area contributed by atoms with E-state index in [9.17, 15) is 4.79 Å². The van der Waals surface area contributed by atoms with Gasteiger partial charge >= 0.3 is 0 Å². The quantitative estimate of drug-likeness (QED) is 0.693. The lowest BCUT2D eigenvalue weighted by Gasteiger charge is -2.25. The van der Waals surface area contributed by atoms with Crippen molar-refractivity contribution in [3.8, 4) is 0 Å². The number of hydrogen-bond acceptors (Lipinski definition) is 5. The highest BCUT2D eigenvalue weighted by atomic mass is 32.1. The van der Waals surface area contributed by atoms with Crippen LogP contribution in [0.15, 0.2) is 4.79 Å². The van der Waals surface area contributed by atoms with Crippen molar-refractivity contribution in [2.45, 2.75) is 25.6 Å². The third-order valence-electron chi connectivity index (χ3n) is 2.87. The van der Waals surface area contributed by atoms with Crippen LogP contribution in [0, 0.1) is 4.77 Å². The van der Waals surface area contributed by atoms with Gasteiger partial charge in [-0.05, 0) is 18.6 Å². The summed E-state index contributed by atoms with van der Waals surface area (Å²) in [4.78, 5) is 17.0. The Hall–Kier alpha value is -1.18. The molecule has 94 valence electrons. The fraction of sp³-hybridized carbons (Fsp3) is 0.600. The molecule has 1 aromatic rings. The van der Waals surface area contributed by atoms with Gasteiger partial charge in [-0.1, -0.05) is 6.92 Å². The van der Waals surface area contributed by atoms with Crippen molar-refractivity contribution in [3.05, 3.63) is 20.7 Å². The zero-order valence-electron chi connectivity index (χ0n) is 9.54. The molecule has 0 aromatic carbocycles. The second kappa shape index (κ2) is 4.59. The van der Waals surface area contributed by atoms with Crippen LogP contribution in [-0.2, 0) is 15.9 Å². The summed E-state index contributed by atoms with van der Waals surface area (Å²) in [6.07, 6.45) is 0.971. The van der Waals surface area contributed by atoms with Crippen LogP contribution in [0.25, 0.3) is 0 Å². The monoisotopic (exact) mass is 257 g/mol. The molecule has 2 heterocycles. The summed E-state index contributed by atoms with van der Waals surface area (Å²) in [5, 5.41) is 0. The molecule has 0 aliphatic carbocycles. The predicted octanol–water partition coefficient (Wildman–Crippen LogP) is 0.710. The Bertz CT molecular complexity index is 516. The van der Waals surface area contributed by atoms with E-state index in [1.807, 2.05) is 6.92 Å². The fourth-order valence-corrected chi connectivity index (χ4v) is 2.11. The molecule has 0 spiro atoms. The van der Waals surface area contributed by atoms with Crippen molar-refractivity contribution in [2.24, 2.45) is 0 Å². The summed E-state index contributed by atoms with van der Waals surface area (Å²) in [5.74, 6) is -0.469. The van der Waals surface area contributed by atoms with E-state index in [1.165, 1.54) is 0 Å². The van der Waals surface area contributed by atoms with Crippen molar-refractivity contribution in [2.75, 3.05) is 18.9 Å². The summed E-state index contributed by atoms with van der Waals surface area (Å²) in [6.45, 7) is 3.02. The lowest BCUT2D eigenvalue weighted by atomic mass is 10.0. The molecule has 7 heteroatoms. The van der Waals surface area contributed by atoms with Crippen molar-refractivity contribution in [3.63, 3.8) is 0 Å². The Kier molecular flexibility index (Phi) is 3.32. The summed E-state index contributed by atoms with van der Waals surface area (Å²) < 4.78 is 11.3. The predicted molar refractivity (Wildman–Crippen MR) is 65.3 cm³/mol. The lowest BCUT2D eigenvalue weighted by molar-refractivity contribution is -0.157. The van der Waals surface area contributed by atoms with E-state index in [-0.39, 0.29) is 16.1 Å². The van der Waals surface area contributed by atoms with Crippen LogP contribution < -0.4 is 11.3 Å². The Labute approximate surface area is 103 Å². The van der Waals surface area contributed by atoms with Crippen LogP contribution >= 0.6 is 12.2 Å². The minimum absolute atomic E-state index is 0.218. The molecule has 6 nitrogen and oxygen atoms in total. The molecule has 0 radical (unpaired) electrons. The Morgan fingerprint density at radius 1 is 1.41 bits per heavy atom. The van der Waals surface area contributed by atoms with Gasteiger partial charge in [-0.25, -0.2) is 0 Å². The number of ether oxygens (including phenoxy) is 2. The standard InChI is InChI=1S/C10H15N3O3S/c1-2-10(15-3-4-16-10)5-6-7(11)12-9(17)13-8(6)14/h2-5H2,1H3,(H4,11,12,13,14,17). The van der Waals surface area contributed by atoms with Crippen LogP contribution in [-0.4, -0.2) is 29.0 Å². The SMILES string of the molecule is CCC1(Cc2c(N)[nH]c(=S)[nH]c2=O)OCCO1. The van der Waals surface area contributed by atoms with Crippen molar-refractivity contribution < 1.29 is 9.47 Å². The second-order valence-corrected chi connectivity index (χ2v) is 4.35. The summed E-state index contributed by atoms with van der Waals surface area (Å²) in [7, 11) is 0. The second-order valence-electron chi connectivity index (χ2n) is 3.94. The van der Waals surface area contributed by atoms with E-state index in [0.29, 0.717) is 31.6 Å². The largest absolute Gasteiger partial charge is 0.385 e. The molecule has 0 amide bonds. The Morgan fingerprint density at radius 2 is 2.06 bits per heavy atom. The van der Waals surface area contributed by atoms with Crippen LogP contribution in [0.1, 0.15) is 18.9 Å². The van der Waals surface area contributed by atoms with Gasteiger partial charge in [0, 0.05) is 6.42 Å². The minimum atomic E-state index is -0.738. The summed E-state index contributed by atoms with van der Waals surface area (Å²) in [6, 6.07) is 0. The molecular formula is C10H15N3O3S. The van der Waals surface area contributed by atoms with Crippen LogP contribution in [0.2, 0.25) is 0 Å². The maximum atomic E-state index is 11.8. The molecule has 0 atom stereocenters. The smallest absolute Gasteiger partial charge is 0.257 e. The lowest BCUT2D eigenvalue weighted by Crippen LogP contribution is -2.35. The number of rotatable bonds is 3. The van der Waals surface area contributed by atoms with E-state index in [4.69, 9.17) is 27.4 Å². The number of nitrogens with two attached hydrogens (primary N) is 1. The normalized spacial score (nSPS) is 18.4. The van der Waals surface area contributed by atoms with Crippen molar-refractivity contribution in [1.29, 1.82) is 0 Å². The van der Waals surface area contributed by atoms with E-state index < -0.39 is 5.79 Å². The van der Waals surface area contributed by atoms with Gasteiger partial charge in [0.1, 0.15) is 5.82 Å². The highest BCUT2D eigenvalue weighted by Gasteiger charge is 2.36. The average Bonchev–Trinajstić information content (AvgIpc) is 2.73. The highest BCUT2D eigenvalue weighted by molar-refractivity contribution is 7.71. The van der Waals surface area contributed by atoms with Gasteiger partial charge in [-0.15, -0.1) is 0 Å². The maximum Gasteiger partial charge on any atom is 0.257 e. The molecule has 17 heavy (non-hydrogen) atoms. The zero-order valence-corrected chi connectivity index (χ0v) is 10.4. The van der Waals surface area contributed by atoms with Gasteiger partial charge in [0.15, 0.2) is 10.6 Å². The van der Waals surface area contributed by atoms with Gasteiger partial charge in [-0.3, -0.25) is 9.78 Å². The van der Waals surface area contributed by atoms with Gasteiger partial charge in [0.25, 0.3) is 5.56 Å². The maximum absolute atomic E-state index is 11.8. The Morgan fingerprint density at radius 3 is 2.59 bits per heavy atom.